The highest BCUT2D eigenvalue weighted by atomic mass is 35.5. The van der Waals surface area contributed by atoms with Crippen LogP contribution in [0.4, 0.5) is 0 Å². The molecule has 1 amide bonds. The third-order valence-corrected chi connectivity index (χ3v) is 5.81. The number of hydrogen-bond donors (Lipinski definition) is 2. The van der Waals surface area contributed by atoms with Gasteiger partial charge in [0.25, 0.3) is 5.91 Å². The van der Waals surface area contributed by atoms with Crippen molar-refractivity contribution in [2.75, 3.05) is 26.3 Å². The number of nitrogens with one attached hydrogen (secondary N) is 2. The van der Waals surface area contributed by atoms with Gasteiger partial charge in [-0.25, -0.2) is 8.42 Å². The van der Waals surface area contributed by atoms with E-state index in [0.717, 1.165) is 5.56 Å². The van der Waals surface area contributed by atoms with E-state index in [-0.39, 0.29) is 22.9 Å². The van der Waals surface area contributed by atoms with Crippen molar-refractivity contribution in [1.82, 2.24) is 10.0 Å². The third kappa shape index (κ3) is 5.21. The molecule has 0 saturated heterocycles. The maximum atomic E-state index is 12.4. The van der Waals surface area contributed by atoms with Crippen LogP contribution in [0.15, 0.2) is 41.3 Å². The second kappa shape index (κ2) is 9.18. The number of terminal acetylenes is 1. The van der Waals surface area contributed by atoms with Crippen LogP contribution in [0.2, 0.25) is 5.02 Å². The van der Waals surface area contributed by atoms with E-state index in [2.05, 4.69) is 16.0 Å². The van der Waals surface area contributed by atoms with E-state index in [0.29, 0.717) is 42.7 Å². The van der Waals surface area contributed by atoms with Crippen LogP contribution < -0.4 is 19.5 Å². The lowest BCUT2D eigenvalue weighted by Gasteiger charge is -2.20. The molecule has 2 aromatic rings. The molecular formula is C20H19ClN2O5S. The maximum Gasteiger partial charge on any atom is 0.251 e. The number of fused-ring (bicyclic) bond motifs is 1. The van der Waals surface area contributed by atoms with E-state index in [1.165, 1.54) is 24.3 Å². The van der Waals surface area contributed by atoms with Crippen molar-refractivity contribution in [3.63, 3.8) is 0 Å². The van der Waals surface area contributed by atoms with Crippen molar-refractivity contribution in [3.05, 3.63) is 52.5 Å². The minimum absolute atomic E-state index is 0.0287. The van der Waals surface area contributed by atoms with Crippen LogP contribution in [-0.2, 0) is 16.4 Å². The Hall–Kier alpha value is -2.73. The first-order valence-corrected chi connectivity index (χ1v) is 10.7. The van der Waals surface area contributed by atoms with Gasteiger partial charge in [-0.15, -0.1) is 6.42 Å². The van der Waals surface area contributed by atoms with Crippen molar-refractivity contribution >= 4 is 27.5 Å². The van der Waals surface area contributed by atoms with Gasteiger partial charge in [-0.3, -0.25) is 4.79 Å². The summed E-state index contributed by atoms with van der Waals surface area (Å²) in [4.78, 5) is 12.4. The van der Waals surface area contributed by atoms with Crippen molar-refractivity contribution in [2.24, 2.45) is 0 Å². The lowest BCUT2D eigenvalue weighted by atomic mass is 10.1. The van der Waals surface area contributed by atoms with E-state index in [9.17, 15) is 13.2 Å². The molecule has 1 aliphatic heterocycles. The number of carbonyl (C=O) groups excluding carboxylic acids is 1. The molecule has 1 heterocycles. The summed E-state index contributed by atoms with van der Waals surface area (Å²) in [5, 5.41) is 3.23. The number of hydrogen-bond acceptors (Lipinski definition) is 5. The topological polar surface area (TPSA) is 93.7 Å². The summed E-state index contributed by atoms with van der Waals surface area (Å²) in [6.07, 6.45) is 5.60. The Balaban J connectivity index is 1.62. The maximum absolute atomic E-state index is 12.4. The summed E-state index contributed by atoms with van der Waals surface area (Å²) >= 11 is 6.21. The molecule has 2 N–H and O–H groups in total. The highest BCUT2D eigenvalue weighted by Gasteiger charge is 2.17. The second-order valence-electron chi connectivity index (χ2n) is 6.16. The van der Waals surface area contributed by atoms with Crippen molar-refractivity contribution in [3.8, 4) is 23.8 Å². The predicted molar refractivity (Wildman–Crippen MR) is 109 cm³/mol. The fraction of sp³-hybridized carbons (Fsp3) is 0.250. The van der Waals surface area contributed by atoms with Gasteiger partial charge in [-0.2, -0.15) is 4.72 Å². The minimum Gasteiger partial charge on any atom is -0.486 e. The van der Waals surface area contributed by atoms with Gasteiger partial charge < -0.3 is 14.8 Å². The van der Waals surface area contributed by atoms with Crippen LogP contribution in [0.25, 0.3) is 0 Å². The van der Waals surface area contributed by atoms with Crippen molar-refractivity contribution < 1.29 is 22.7 Å². The van der Waals surface area contributed by atoms with Gasteiger partial charge >= 0.3 is 0 Å². The molecule has 0 aromatic heterocycles. The molecule has 0 spiro atoms. The summed E-state index contributed by atoms with van der Waals surface area (Å²) in [6.45, 7) is 1.12. The second-order valence-corrected chi connectivity index (χ2v) is 8.34. The number of carbonyl (C=O) groups is 1. The Kier molecular flexibility index (Phi) is 6.64. The van der Waals surface area contributed by atoms with Crippen LogP contribution in [0, 0.1) is 12.3 Å². The van der Waals surface area contributed by atoms with E-state index >= 15 is 0 Å². The zero-order chi connectivity index (χ0) is 20.9. The smallest absolute Gasteiger partial charge is 0.251 e. The molecule has 2 aromatic carbocycles. The van der Waals surface area contributed by atoms with E-state index < -0.39 is 10.0 Å². The van der Waals surface area contributed by atoms with Gasteiger partial charge in [0.1, 0.15) is 13.2 Å². The molecule has 3 rings (SSSR count). The molecule has 0 unspecified atom stereocenters. The molecule has 29 heavy (non-hydrogen) atoms. The van der Waals surface area contributed by atoms with Crippen molar-refractivity contribution in [2.45, 2.75) is 11.3 Å². The van der Waals surface area contributed by atoms with Gasteiger partial charge in [0, 0.05) is 12.1 Å². The number of sulfonamides is 1. The van der Waals surface area contributed by atoms with Crippen LogP contribution >= 0.6 is 11.6 Å². The van der Waals surface area contributed by atoms with Crippen molar-refractivity contribution in [1.29, 1.82) is 0 Å². The van der Waals surface area contributed by atoms with Gasteiger partial charge in [0.15, 0.2) is 11.5 Å². The molecule has 0 aliphatic carbocycles. The fourth-order valence-electron chi connectivity index (χ4n) is 2.76. The number of rotatable bonds is 7. The average molecular weight is 435 g/mol. The molecule has 0 radical (unpaired) electrons. The summed E-state index contributed by atoms with van der Waals surface area (Å²) in [5.41, 5.74) is 1.11. The standard InChI is InChI=1S/C20H19ClN2O5S/c1-2-7-23-29(25,26)16-5-3-4-15(13-16)20(24)22-8-6-14-11-17(21)19-18(12-14)27-9-10-28-19/h1,3-5,11-13,23H,6-10H2,(H,22,24). The van der Waals surface area contributed by atoms with Gasteiger partial charge in [0.2, 0.25) is 10.0 Å². The first-order valence-electron chi connectivity index (χ1n) is 8.80. The summed E-state index contributed by atoms with van der Waals surface area (Å²) in [7, 11) is -3.77. The molecule has 0 bridgehead atoms. The summed E-state index contributed by atoms with van der Waals surface area (Å²) in [6, 6.07) is 9.33. The lowest BCUT2D eigenvalue weighted by Crippen LogP contribution is -2.27. The highest BCUT2D eigenvalue weighted by molar-refractivity contribution is 7.89. The van der Waals surface area contributed by atoms with E-state index in [4.69, 9.17) is 27.5 Å². The molecule has 9 heteroatoms. The third-order valence-electron chi connectivity index (χ3n) is 4.13. The largest absolute Gasteiger partial charge is 0.486 e. The summed E-state index contributed by atoms with van der Waals surface area (Å²) < 4.78 is 37.6. The number of halogens is 1. The molecule has 0 fully saturated rings. The first kappa shape index (κ1) is 21.0. The zero-order valence-electron chi connectivity index (χ0n) is 15.4. The monoisotopic (exact) mass is 434 g/mol. The Morgan fingerprint density at radius 3 is 2.79 bits per heavy atom. The highest BCUT2D eigenvalue weighted by Crippen LogP contribution is 2.38. The SMILES string of the molecule is C#CCNS(=O)(=O)c1cccc(C(=O)NCCc2cc(Cl)c3c(c2)OCCO3)c1. The molecule has 152 valence electrons. The van der Waals surface area contributed by atoms with Gasteiger partial charge in [0.05, 0.1) is 16.5 Å². The number of benzene rings is 2. The quantitative estimate of drug-likeness (QED) is 0.650. The predicted octanol–water partition coefficient (Wildman–Crippen LogP) is 2.00. The molecule has 0 saturated carbocycles. The Morgan fingerprint density at radius 1 is 1.21 bits per heavy atom. The fourth-order valence-corrected chi connectivity index (χ4v) is 4.02. The average Bonchev–Trinajstić information content (AvgIpc) is 2.72. The molecule has 7 nitrogen and oxygen atoms in total. The Morgan fingerprint density at radius 2 is 2.00 bits per heavy atom. The first-order chi connectivity index (χ1) is 13.9. The Labute approximate surface area is 174 Å². The molecule has 1 aliphatic rings. The number of amides is 1. The minimum atomic E-state index is -3.77. The molecular weight excluding hydrogens is 416 g/mol. The lowest BCUT2D eigenvalue weighted by molar-refractivity contribution is 0.0954. The summed E-state index contributed by atoms with van der Waals surface area (Å²) in [5.74, 6) is 2.93. The zero-order valence-corrected chi connectivity index (χ0v) is 17.0. The number of ether oxygens (including phenoxy) is 2. The van der Waals surface area contributed by atoms with E-state index in [1.807, 2.05) is 6.07 Å². The van der Waals surface area contributed by atoms with Gasteiger partial charge in [-0.1, -0.05) is 23.6 Å². The van der Waals surface area contributed by atoms with E-state index in [1.54, 1.807) is 6.07 Å². The Bertz CT molecular complexity index is 1060. The normalized spacial score (nSPS) is 12.8. The molecule has 0 atom stereocenters. The van der Waals surface area contributed by atoms with Gasteiger partial charge in [-0.05, 0) is 42.3 Å². The van der Waals surface area contributed by atoms with Crippen LogP contribution in [0.3, 0.4) is 0 Å². The van der Waals surface area contributed by atoms with Crippen LogP contribution in [0.1, 0.15) is 15.9 Å². The van der Waals surface area contributed by atoms with Crippen LogP contribution in [-0.4, -0.2) is 40.6 Å². The van der Waals surface area contributed by atoms with Crippen LogP contribution in [0.5, 0.6) is 11.5 Å².